The maximum absolute atomic E-state index is 11.5. The molecule has 0 amide bonds. The lowest BCUT2D eigenvalue weighted by Crippen LogP contribution is -2.06. The predicted octanol–water partition coefficient (Wildman–Crippen LogP) is 3.38. The summed E-state index contributed by atoms with van der Waals surface area (Å²) in [5.41, 5.74) is 6.01. The molecule has 0 radical (unpaired) electrons. The number of hydrogen-bond donors (Lipinski definition) is 1. The van der Waals surface area contributed by atoms with Gasteiger partial charge in [0.1, 0.15) is 0 Å². The van der Waals surface area contributed by atoms with Crippen molar-refractivity contribution in [1.29, 1.82) is 0 Å². The molecule has 9 heteroatoms. The summed E-state index contributed by atoms with van der Waals surface area (Å²) < 4.78 is 21.2. The van der Waals surface area contributed by atoms with Gasteiger partial charge in [-0.1, -0.05) is 12.1 Å². The Morgan fingerprint density at radius 2 is 2.00 bits per heavy atom. The zero-order valence-electron chi connectivity index (χ0n) is 10.9. The lowest BCUT2D eigenvalue weighted by molar-refractivity contribution is -0.384. The number of nitro groups is 1. The Bertz CT molecular complexity index is 496. The summed E-state index contributed by atoms with van der Waals surface area (Å²) in [7, 11) is -3.51. The van der Waals surface area contributed by atoms with Crippen LogP contribution in [0.2, 0.25) is 0 Å². The summed E-state index contributed by atoms with van der Waals surface area (Å²) in [5.74, 6) is 0. The first-order valence-corrected chi connectivity index (χ1v) is 7.96. The largest absolute Gasteiger partial charge is 0.402 e. The monoisotopic (exact) mass is 322 g/mol. The molecule has 0 aromatic heterocycles. The van der Waals surface area contributed by atoms with Crippen LogP contribution in [0.25, 0.3) is 0 Å². The van der Waals surface area contributed by atoms with Crippen LogP contribution in [0.1, 0.15) is 24.3 Å². The quantitative estimate of drug-likeness (QED) is 0.340. The fourth-order valence-electron chi connectivity index (χ4n) is 1.47. The first kappa shape index (κ1) is 17.1. The third kappa shape index (κ3) is 5.56. The van der Waals surface area contributed by atoms with Crippen molar-refractivity contribution in [3.05, 3.63) is 39.9 Å². The van der Waals surface area contributed by atoms with Crippen molar-refractivity contribution in [2.24, 2.45) is 5.50 Å². The highest BCUT2D eigenvalue weighted by Gasteiger charge is 2.18. The van der Waals surface area contributed by atoms with Crippen molar-refractivity contribution in [2.45, 2.75) is 18.7 Å². The highest BCUT2D eigenvalue weighted by atomic mass is 35.5. The average molecular weight is 323 g/mol. The molecule has 0 fully saturated rings. The SMILES string of the molecule is CCOP(N)(=O)OCCC(Cl)c1ccc([N+](=O)[O-])cc1. The van der Waals surface area contributed by atoms with E-state index in [1.165, 1.54) is 12.1 Å². The van der Waals surface area contributed by atoms with Gasteiger partial charge >= 0.3 is 7.75 Å². The van der Waals surface area contributed by atoms with E-state index >= 15 is 0 Å². The molecule has 0 saturated heterocycles. The summed E-state index contributed by atoms with van der Waals surface area (Å²) in [6, 6.07) is 5.89. The van der Waals surface area contributed by atoms with Crippen LogP contribution in [-0.4, -0.2) is 18.1 Å². The molecule has 7 nitrogen and oxygen atoms in total. The van der Waals surface area contributed by atoms with Crippen LogP contribution in [0.3, 0.4) is 0 Å². The molecule has 0 aliphatic rings. The highest BCUT2D eigenvalue weighted by molar-refractivity contribution is 7.51. The predicted molar refractivity (Wildman–Crippen MR) is 75.7 cm³/mol. The van der Waals surface area contributed by atoms with Crippen molar-refractivity contribution in [3.8, 4) is 0 Å². The van der Waals surface area contributed by atoms with Crippen molar-refractivity contribution >= 4 is 25.0 Å². The Labute approximate surface area is 121 Å². The molecule has 0 spiro atoms. The Morgan fingerprint density at radius 1 is 1.40 bits per heavy atom. The van der Waals surface area contributed by atoms with E-state index in [1.807, 2.05) is 0 Å². The van der Waals surface area contributed by atoms with Crippen LogP contribution in [-0.2, 0) is 13.6 Å². The van der Waals surface area contributed by atoms with E-state index in [4.69, 9.17) is 26.2 Å². The van der Waals surface area contributed by atoms with Gasteiger partial charge in [-0.2, -0.15) is 0 Å². The minimum absolute atomic E-state index is 0.00308. The van der Waals surface area contributed by atoms with E-state index in [2.05, 4.69) is 0 Å². The van der Waals surface area contributed by atoms with Gasteiger partial charge in [-0.05, 0) is 18.9 Å². The van der Waals surface area contributed by atoms with E-state index in [9.17, 15) is 14.7 Å². The molecule has 0 heterocycles. The number of rotatable bonds is 8. The second-order valence-electron chi connectivity index (χ2n) is 3.90. The van der Waals surface area contributed by atoms with Crippen molar-refractivity contribution in [2.75, 3.05) is 13.2 Å². The van der Waals surface area contributed by atoms with Crippen LogP contribution >= 0.6 is 19.3 Å². The number of non-ortho nitro benzene ring substituents is 1. The molecule has 0 saturated carbocycles. The minimum Gasteiger partial charge on any atom is -0.297 e. The Kier molecular flexibility index (Phi) is 6.58. The molecule has 0 aliphatic carbocycles. The molecular weight excluding hydrogens is 307 g/mol. The van der Waals surface area contributed by atoms with Crippen LogP contribution in [0.5, 0.6) is 0 Å². The third-order valence-electron chi connectivity index (χ3n) is 2.42. The van der Waals surface area contributed by atoms with Gasteiger partial charge in [0.25, 0.3) is 5.69 Å². The van der Waals surface area contributed by atoms with Gasteiger partial charge in [0, 0.05) is 12.1 Å². The first-order chi connectivity index (χ1) is 9.35. The fraction of sp³-hybridized carbons (Fsp3) is 0.455. The molecule has 0 aliphatic heterocycles. The third-order valence-corrected chi connectivity index (χ3v) is 4.05. The number of halogens is 1. The summed E-state index contributed by atoms with van der Waals surface area (Å²) >= 11 is 6.12. The zero-order valence-corrected chi connectivity index (χ0v) is 12.5. The summed E-state index contributed by atoms with van der Waals surface area (Å²) in [6.45, 7) is 1.92. The molecule has 2 atom stereocenters. The molecule has 1 aromatic carbocycles. The number of hydrogen-bond acceptors (Lipinski definition) is 5. The maximum Gasteiger partial charge on any atom is 0.402 e. The van der Waals surface area contributed by atoms with Crippen molar-refractivity contribution < 1.29 is 18.5 Å². The van der Waals surface area contributed by atoms with Crippen LogP contribution in [0.4, 0.5) is 5.69 Å². The standard InChI is InChI=1S/C11H16ClN2O5P/c1-2-18-20(13,17)19-8-7-11(12)9-3-5-10(6-4-9)14(15)16/h3-6,11H,2,7-8H2,1H3,(H2,13,17). The minimum atomic E-state index is -3.51. The first-order valence-electron chi connectivity index (χ1n) is 5.92. The zero-order chi connectivity index (χ0) is 15.2. The van der Waals surface area contributed by atoms with Crippen LogP contribution in [0, 0.1) is 10.1 Å². The van der Waals surface area contributed by atoms with E-state index in [0.717, 1.165) is 0 Å². The maximum atomic E-state index is 11.5. The molecule has 1 rings (SSSR count). The smallest absolute Gasteiger partial charge is 0.297 e. The number of nitrogens with zero attached hydrogens (tertiary/aromatic N) is 1. The normalized spacial score (nSPS) is 15.6. The van der Waals surface area contributed by atoms with Gasteiger partial charge in [-0.25, -0.2) is 10.1 Å². The number of nitro benzene ring substituents is 1. The Hall–Kier alpha value is -0.980. The second kappa shape index (κ2) is 7.71. The lowest BCUT2D eigenvalue weighted by Gasteiger charge is -2.14. The van der Waals surface area contributed by atoms with E-state index in [0.29, 0.717) is 12.0 Å². The second-order valence-corrected chi connectivity index (χ2v) is 6.02. The molecule has 1 aromatic rings. The molecule has 112 valence electrons. The highest BCUT2D eigenvalue weighted by Crippen LogP contribution is 2.39. The molecule has 2 N–H and O–H groups in total. The fourth-order valence-corrected chi connectivity index (χ4v) is 2.50. The van der Waals surface area contributed by atoms with Gasteiger partial charge < -0.3 is 0 Å². The molecule has 20 heavy (non-hydrogen) atoms. The van der Waals surface area contributed by atoms with Crippen LogP contribution < -0.4 is 5.50 Å². The topological polar surface area (TPSA) is 105 Å². The average Bonchev–Trinajstić information content (AvgIpc) is 2.38. The van der Waals surface area contributed by atoms with Gasteiger partial charge in [0.2, 0.25) is 0 Å². The lowest BCUT2D eigenvalue weighted by atomic mass is 10.1. The Balaban J connectivity index is 2.48. The number of nitrogens with two attached hydrogens (primary N) is 1. The summed E-state index contributed by atoms with van der Waals surface area (Å²) in [6.07, 6.45) is 0.355. The van der Waals surface area contributed by atoms with E-state index < -0.39 is 18.0 Å². The summed E-state index contributed by atoms with van der Waals surface area (Å²) in [5, 5.41) is 10.1. The molecule has 2 unspecified atom stereocenters. The van der Waals surface area contributed by atoms with Crippen LogP contribution in [0.15, 0.2) is 24.3 Å². The van der Waals surface area contributed by atoms with Gasteiger partial charge in [0.15, 0.2) is 0 Å². The summed E-state index contributed by atoms with van der Waals surface area (Å²) in [4.78, 5) is 10.0. The van der Waals surface area contributed by atoms with E-state index in [1.54, 1.807) is 19.1 Å². The van der Waals surface area contributed by atoms with Gasteiger partial charge in [-0.15, -0.1) is 11.6 Å². The van der Waals surface area contributed by atoms with Crippen molar-refractivity contribution in [3.63, 3.8) is 0 Å². The Morgan fingerprint density at radius 3 is 2.50 bits per heavy atom. The van der Waals surface area contributed by atoms with Gasteiger partial charge in [0.05, 0.1) is 23.5 Å². The number of alkyl halides is 1. The van der Waals surface area contributed by atoms with Gasteiger partial charge in [-0.3, -0.25) is 19.2 Å². The van der Waals surface area contributed by atoms with Crippen molar-refractivity contribution in [1.82, 2.24) is 0 Å². The number of benzene rings is 1. The molecule has 0 bridgehead atoms. The molecular formula is C11H16ClN2O5P. The van der Waals surface area contributed by atoms with E-state index in [-0.39, 0.29) is 18.9 Å².